The SMILES string of the molecule is CC(C)Cc1ccc(C(C)C(=O)OCc2ccccc2C=CC(F)(F)C(=O)O)cc1. The second kappa shape index (κ2) is 10.1. The molecule has 0 bridgehead atoms. The average Bonchev–Trinajstić information content (AvgIpc) is 2.70. The lowest BCUT2D eigenvalue weighted by molar-refractivity contribution is -0.157. The summed E-state index contributed by atoms with van der Waals surface area (Å²) in [5.41, 5.74) is 2.90. The molecule has 0 aliphatic heterocycles. The Bertz CT molecular complexity index is 902. The Morgan fingerprint density at radius 2 is 1.70 bits per heavy atom. The Balaban J connectivity index is 2.04. The third-order valence-electron chi connectivity index (χ3n) is 4.66. The highest BCUT2D eigenvalue weighted by Gasteiger charge is 2.35. The van der Waals surface area contributed by atoms with Gasteiger partial charge in [0.2, 0.25) is 0 Å². The summed E-state index contributed by atoms with van der Waals surface area (Å²) in [7, 11) is 0. The van der Waals surface area contributed by atoms with Crippen LogP contribution in [0.5, 0.6) is 0 Å². The van der Waals surface area contributed by atoms with E-state index in [-0.39, 0.29) is 6.61 Å². The minimum Gasteiger partial charge on any atom is -0.477 e. The smallest absolute Gasteiger partial charge is 0.378 e. The van der Waals surface area contributed by atoms with Gasteiger partial charge in [0, 0.05) is 0 Å². The number of carbonyl (C=O) groups excluding carboxylic acids is 1. The molecular formula is C24H26F2O4. The van der Waals surface area contributed by atoms with Crippen LogP contribution in [-0.4, -0.2) is 23.0 Å². The first-order valence-electron chi connectivity index (χ1n) is 9.74. The van der Waals surface area contributed by atoms with Crippen molar-refractivity contribution in [3.8, 4) is 0 Å². The van der Waals surface area contributed by atoms with Crippen LogP contribution in [0.4, 0.5) is 8.78 Å². The van der Waals surface area contributed by atoms with E-state index in [9.17, 15) is 18.4 Å². The molecule has 0 saturated carbocycles. The van der Waals surface area contributed by atoms with E-state index in [4.69, 9.17) is 9.84 Å². The fourth-order valence-corrected chi connectivity index (χ4v) is 2.92. The van der Waals surface area contributed by atoms with Crippen LogP contribution in [0.15, 0.2) is 54.6 Å². The average molecular weight is 416 g/mol. The molecule has 0 radical (unpaired) electrons. The Labute approximate surface area is 175 Å². The van der Waals surface area contributed by atoms with Crippen molar-refractivity contribution in [2.45, 2.75) is 45.6 Å². The number of rotatable bonds is 9. The highest BCUT2D eigenvalue weighted by molar-refractivity contribution is 5.79. The first-order chi connectivity index (χ1) is 14.1. The molecule has 0 heterocycles. The van der Waals surface area contributed by atoms with E-state index in [2.05, 4.69) is 13.8 Å². The van der Waals surface area contributed by atoms with Gasteiger partial charge in [-0.15, -0.1) is 0 Å². The Kier molecular flexibility index (Phi) is 7.86. The Hall–Kier alpha value is -3.02. The highest BCUT2D eigenvalue weighted by Crippen LogP contribution is 2.22. The third-order valence-corrected chi connectivity index (χ3v) is 4.66. The molecule has 160 valence electrons. The third kappa shape index (κ3) is 6.51. The van der Waals surface area contributed by atoms with Gasteiger partial charge in [0.25, 0.3) is 0 Å². The van der Waals surface area contributed by atoms with Crippen LogP contribution in [0.3, 0.4) is 0 Å². The lowest BCUT2D eigenvalue weighted by Gasteiger charge is -2.14. The number of carboxylic acids is 1. The van der Waals surface area contributed by atoms with Gasteiger partial charge < -0.3 is 9.84 Å². The number of aliphatic carboxylic acids is 1. The Morgan fingerprint density at radius 1 is 1.07 bits per heavy atom. The van der Waals surface area contributed by atoms with Crippen LogP contribution in [0, 0.1) is 5.92 Å². The molecule has 0 spiro atoms. The number of hydrogen-bond donors (Lipinski definition) is 1. The summed E-state index contributed by atoms with van der Waals surface area (Å²) in [6.45, 7) is 5.93. The van der Waals surface area contributed by atoms with E-state index in [1.165, 1.54) is 5.56 Å². The van der Waals surface area contributed by atoms with Crippen LogP contribution in [0.25, 0.3) is 6.08 Å². The van der Waals surface area contributed by atoms with Gasteiger partial charge in [-0.25, -0.2) is 4.79 Å². The second-order valence-corrected chi connectivity index (χ2v) is 7.63. The molecule has 2 aromatic carbocycles. The van der Waals surface area contributed by atoms with Crippen molar-refractivity contribution in [1.82, 2.24) is 0 Å². The maximum absolute atomic E-state index is 13.3. The number of esters is 1. The predicted octanol–water partition coefficient (Wildman–Crippen LogP) is 5.47. The summed E-state index contributed by atoms with van der Waals surface area (Å²) >= 11 is 0. The fraction of sp³-hybridized carbons (Fsp3) is 0.333. The van der Waals surface area contributed by atoms with E-state index in [0.717, 1.165) is 18.1 Å². The predicted molar refractivity (Wildman–Crippen MR) is 111 cm³/mol. The maximum Gasteiger partial charge on any atom is 0.378 e. The van der Waals surface area contributed by atoms with E-state index >= 15 is 0 Å². The van der Waals surface area contributed by atoms with Gasteiger partial charge in [0.05, 0.1) is 5.92 Å². The lowest BCUT2D eigenvalue weighted by Crippen LogP contribution is -2.24. The molecule has 0 aromatic heterocycles. The molecule has 1 unspecified atom stereocenters. The molecule has 0 fully saturated rings. The van der Waals surface area contributed by atoms with Crippen molar-refractivity contribution >= 4 is 18.0 Å². The zero-order chi connectivity index (χ0) is 22.3. The van der Waals surface area contributed by atoms with Gasteiger partial charge >= 0.3 is 17.9 Å². The molecule has 0 aliphatic rings. The first-order valence-corrected chi connectivity index (χ1v) is 9.74. The summed E-state index contributed by atoms with van der Waals surface area (Å²) < 4.78 is 32.0. The minimum atomic E-state index is -3.97. The Morgan fingerprint density at radius 3 is 2.30 bits per heavy atom. The van der Waals surface area contributed by atoms with Crippen LogP contribution in [0.2, 0.25) is 0 Å². The number of carbonyl (C=O) groups is 2. The van der Waals surface area contributed by atoms with Crippen LogP contribution >= 0.6 is 0 Å². The van der Waals surface area contributed by atoms with Crippen molar-refractivity contribution in [1.29, 1.82) is 0 Å². The topological polar surface area (TPSA) is 63.6 Å². The van der Waals surface area contributed by atoms with E-state index in [0.29, 0.717) is 23.1 Å². The number of carboxylic acid groups (broad SMARTS) is 1. The first kappa shape index (κ1) is 23.3. The largest absolute Gasteiger partial charge is 0.477 e. The van der Waals surface area contributed by atoms with Crippen molar-refractivity contribution in [2.75, 3.05) is 0 Å². The van der Waals surface area contributed by atoms with E-state index < -0.39 is 23.8 Å². The number of ether oxygens (including phenoxy) is 1. The molecule has 1 N–H and O–H groups in total. The minimum absolute atomic E-state index is 0.103. The van der Waals surface area contributed by atoms with Crippen LogP contribution < -0.4 is 0 Å². The molecular weight excluding hydrogens is 390 g/mol. The van der Waals surface area contributed by atoms with Crippen molar-refractivity contribution < 1.29 is 28.2 Å². The standard InChI is InChI=1S/C24H26F2O4/c1-16(2)14-18-8-10-19(11-9-18)17(3)22(27)30-15-21-7-5-4-6-20(21)12-13-24(25,26)23(28)29/h4-13,16-17H,14-15H2,1-3H3,(H,28,29). The van der Waals surface area contributed by atoms with Gasteiger partial charge in [-0.2, -0.15) is 8.78 Å². The number of alkyl halides is 2. The number of benzene rings is 2. The quantitative estimate of drug-likeness (QED) is 0.551. The van der Waals surface area contributed by atoms with Crippen molar-refractivity contribution in [2.24, 2.45) is 5.92 Å². The van der Waals surface area contributed by atoms with Gasteiger partial charge in [-0.05, 0) is 47.6 Å². The summed E-state index contributed by atoms with van der Waals surface area (Å²) in [4.78, 5) is 23.0. The summed E-state index contributed by atoms with van der Waals surface area (Å²) in [5.74, 6) is -6.56. The molecule has 0 amide bonds. The zero-order valence-corrected chi connectivity index (χ0v) is 17.3. The van der Waals surface area contributed by atoms with Gasteiger partial charge in [0.15, 0.2) is 0 Å². The summed E-state index contributed by atoms with van der Waals surface area (Å²) in [5, 5.41) is 8.52. The fourth-order valence-electron chi connectivity index (χ4n) is 2.92. The number of halogens is 2. The second-order valence-electron chi connectivity index (χ2n) is 7.63. The monoisotopic (exact) mass is 416 g/mol. The van der Waals surface area contributed by atoms with Crippen molar-refractivity contribution in [3.63, 3.8) is 0 Å². The summed E-state index contributed by atoms with van der Waals surface area (Å²) in [6, 6.07) is 14.3. The molecule has 0 saturated heterocycles. The normalized spacial score (nSPS) is 12.9. The van der Waals surface area contributed by atoms with E-state index in [1.807, 2.05) is 24.3 Å². The van der Waals surface area contributed by atoms with Gasteiger partial charge in [-0.3, -0.25) is 4.79 Å². The molecule has 1 atom stereocenters. The van der Waals surface area contributed by atoms with Gasteiger partial charge in [-0.1, -0.05) is 68.5 Å². The van der Waals surface area contributed by atoms with E-state index in [1.54, 1.807) is 31.2 Å². The maximum atomic E-state index is 13.3. The lowest BCUT2D eigenvalue weighted by atomic mass is 9.97. The van der Waals surface area contributed by atoms with Crippen LogP contribution in [-0.2, 0) is 27.4 Å². The highest BCUT2D eigenvalue weighted by atomic mass is 19.3. The molecule has 4 nitrogen and oxygen atoms in total. The molecule has 2 rings (SSSR count). The van der Waals surface area contributed by atoms with Crippen molar-refractivity contribution in [3.05, 3.63) is 76.9 Å². The molecule has 0 aliphatic carbocycles. The van der Waals surface area contributed by atoms with Gasteiger partial charge in [0.1, 0.15) is 6.61 Å². The molecule has 2 aromatic rings. The zero-order valence-electron chi connectivity index (χ0n) is 17.3. The number of hydrogen-bond acceptors (Lipinski definition) is 3. The molecule has 6 heteroatoms. The summed E-state index contributed by atoms with van der Waals surface area (Å²) in [6.07, 6.45) is 2.30. The van der Waals surface area contributed by atoms with Crippen LogP contribution in [0.1, 0.15) is 48.9 Å². The molecule has 30 heavy (non-hydrogen) atoms.